The van der Waals surface area contributed by atoms with Crippen molar-refractivity contribution in [3.8, 4) is 0 Å². The number of nitrogens with one attached hydrogen (secondary N) is 1. The van der Waals surface area contributed by atoms with Crippen LogP contribution in [0.5, 0.6) is 0 Å². The fourth-order valence-electron chi connectivity index (χ4n) is 3.39. The number of rotatable bonds is 4. The van der Waals surface area contributed by atoms with E-state index in [0.717, 1.165) is 37.8 Å². The van der Waals surface area contributed by atoms with Crippen molar-refractivity contribution in [2.75, 3.05) is 11.9 Å². The predicted octanol–water partition coefficient (Wildman–Crippen LogP) is 4.70. The molecule has 142 valence electrons. The van der Waals surface area contributed by atoms with Crippen LogP contribution >= 0.6 is 11.6 Å². The average Bonchev–Trinajstić information content (AvgIpc) is 2.70. The minimum absolute atomic E-state index is 0.102. The highest BCUT2D eigenvalue weighted by molar-refractivity contribution is 6.31. The third-order valence-corrected chi connectivity index (χ3v) is 5.40. The molecule has 0 spiro atoms. The van der Waals surface area contributed by atoms with E-state index in [2.05, 4.69) is 17.2 Å². The number of carbonyl (C=O) groups is 2. The fraction of sp³-hybridized carbons (Fsp3) is 0.381. The lowest BCUT2D eigenvalue weighted by Gasteiger charge is -2.35. The van der Waals surface area contributed by atoms with Gasteiger partial charge in [-0.15, -0.1) is 0 Å². The first-order valence-electron chi connectivity index (χ1n) is 9.35. The minimum Gasteiger partial charge on any atom is -0.334 e. The molecule has 0 radical (unpaired) electrons. The van der Waals surface area contributed by atoms with Gasteiger partial charge >= 0.3 is 0 Å². The van der Waals surface area contributed by atoms with Gasteiger partial charge in [-0.1, -0.05) is 30.7 Å². The summed E-state index contributed by atoms with van der Waals surface area (Å²) < 4.78 is 0. The smallest absolute Gasteiger partial charge is 0.274 e. The van der Waals surface area contributed by atoms with Crippen LogP contribution in [0.4, 0.5) is 5.69 Å². The highest BCUT2D eigenvalue weighted by Gasteiger charge is 2.27. The highest BCUT2D eigenvalue weighted by atomic mass is 35.5. The van der Waals surface area contributed by atoms with Crippen LogP contribution in [0.2, 0.25) is 5.02 Å². The molecule has 1 aliphatic heterocycles. The molecule has 1 aliphatic rings. The molecule has 2 aromatic rings. The number of benzene rings is 1. The van der Waals surface area contributed by atoms with Gasteiger partial charge in [0.1, 0.15) is 11.4 Å². The second-order valence-corrected chi connectivity index (χ2v) is 7.29. The number of amides is 2. The van der Waals surface area contributed by atoms with Crippen LogP contribution in [0.3, 0.4) is 0 Å². The zero-order valence-corrected chi connectivity index (χ0v) is 16.4. The van der Waals surface area contributed by atoms with Crippen LogP contribution in [0.25, 0.3) is 0 Å². The maximum atomic E-state index is 12.9. The molecule has 1 aromatic heterocycles. The Hall–Kier alpha value is -2.40. The summed E-state index contributed by atoms with van der Waals surface area (Å²) in [5.41, 5.74) is 2.05. The summed E-state index contributed by atoms with van der Waals surface area (Å²) in [5.74, 6) is -0.468. The number of likely N-dealkylation sites (tertiary alicyclic amines) is 1. The Morgan fingerprint density at radius 3 is 2.74 bits per heavy atom. The normalized spacial score (nSPS) is 16.9. The molecule has 6 heteroatoms. The maximum Gasteiger partial charge on any atom is 0.274 e. The molecular weight excluding hydrogens is 362 g/mol. The number of piperidine rings is 1. The van der Waals surface area contributed by atoms with Gasteiger partial charge in [-0.2, -0.15) is 0 Å². The van der Waals surface area contributed by atoms with Gasteiger partial charge in [-0.25, -0.2) is 4.98 Å². The minimum atomic E-state index is -0.366. The van der Waals surface area contributed by atoms with Crippen LogP contribution in [0, 0.1) is 6.92 Å². The van der Waals surface area contributed by atoms with E-state index in [4.69, 9.17) is 11.6 Å². The van der Waals surface area contributed by atoms with E-state index in [0.29, 0.717) is 16.4 Å². The number of pyridine rings is 1. The fourth-order valence-corrected chi connectivity index (χ4v) is 3.57. The SMILES string of the molecule is CCC1CCCCN1C(=O)c1cccc(C(=O)Nc2ccc(C)c(Cl)c2)n1. The first-order valence-corrected chi connectivity index (χ1v) is 9.73. The summed E-state index contributed by atoms with van der Waals surface area (Å²) in [5, 5.41) is 3.36. The van der Waals surface area contributed by atoms with Crippen molar-refractivity contribution in [3.63, 3.8) is 0 Å². The van der Waals surface area contributed by atoms with Crippen molar-refractivity contribution in [1.82, 2.24) is 9.88 Å². The molecule has 1 saturated heterocycles. The first-order chi connectivity index (χ1) is 13.0. The number of nitrogens with zero attached hydrogens (tertiary/aromatic N) is 2. The molecule has 1 unspecified atom stereocenters. The van der Waals surface area contributed by atoms with Crippen molar-refractivity contribution in [2.45, 2.75) is 45.6 Å². The molecular formula is C21H24ClN3O2. The Morgan fingerprint density at radius 1 is 1.22 bits per heavy atom. The summed E-state index contributed by atoms with van der Waals surface area (Å²) in [6.07, 6.45) is 4.12. The monoisotopic (exact) mass is 385 g/mol. The van der Waals surface area contributed by atoms with Crippen LogP contribution in [0.1, 0.15) is 59.1 Å². The Labute approximate surface area is 164 Å². The van der Waals surface area contributed by atoms with E-state index >= 15 is 0 Å². The molecule has 0 aliphatic carbocycles. The third kappa shape index (κ3) is 4.48. The second-order valence-electron chi connectivity index (χ2n) is 6.88. The number of anilines is 1. The largest absolute Gasteiger partial charge is 0.334 e. The molecule has 2 amide bonds. The molecule has 2 heterocycles. The summed E-state index contributed by atoms with van der Waals surface area (Å²) >= 11 is 6.11. The van der Waals surface area contributed by atoms with E-state index in [-0.39, 0.29) is 23.6 Å². The van der Waals surface area contributed by atoms with Gasteiger partial charge in [-0.3, -0.25) is 9.59 Å². The number of halogens is 1. The summed E-state index contributed by atoms with van der Waals surface area (Å²) in [6, 6.07) is 10.5. The Morgan fingerprint density at radius 2 is 2.00 bits per heavy atom. The molecule has 1 atom stereocenters. The van der Waals surface area contributed by atoms with Crippen LogP contribution in [0.15, 0.2) is 36.4 Å². The van der Waals surface area contributed by atoms with Crippen LogP contribution < -0.4 is 5.32 Å². The number of aryl methyl sites for hydroxylation is 1. The topological polar surface area (TPSA) is 62.3 Å². The van der Waals surface area contributed by atoms with E-state index in [1.54, 1.807) is 30.3 Å². The standard InChI is InChI=1S/C21H24ClN3O2/c1-3-16-7-4-5-12-25(16)21(27)19-9-6-8-18(24-19)20(26)23-15-11-10-14(2)17(22)13-15/h6,8-11,13,16H,3-5,7,12H2,1-2H3,(H,23,26). The maximum absolute atomic E-state index is 12.9. The van der Waals surface area contributed by atoms with E-state index in [1.165, 1.54) is 0 Å². The third-order valence-electron chi connectivity index (χ3n) is 4.99. The molecule has 0 saturated carbocycles. The zero-order valence-electron chi connectivity index (χ0n) is 15.7. The first kappa shape index (κ1) is 19.4. The molecule has 5 nitrogen and oxygen atoms in total. The number of carbonyl (C=O) groups excluding carboxylic acids is 2. The summed E-state index contributed by atoms with van der Waals surface area (Å²) in [7, 11) is 0. The average molecular weight is 386 g/mol. The Kier molecular flexibility index (Phi) is 6.11. The predicted molar refractivity (Wildman–Crippen MR) is 107 cm³/mol. The van der Waals surface area contributed by atoms with Crippen molar-refractivity contribution in [2.24, 2.45) is 0 Å². The molecule has 3 rings (SSSR count). The Bertz CT molecular complexity index is 853. The molecule has 0 bridgehead atoms. The quantitative estimate of drug-likeness (QED) is 0.829. The van der Waals surface area contributed by atoms with Crippen molar-refractivity contribution < 1.29 is 9.59 Å². The van der Waals surface area contributed by atoms with Crippen molar-refractivity contribution in [1.29, 1.82) is 0 Å². The number of aromatic nitrogens is 1. The number of hydrogen-bond donors (Lipinski definition) is 1. The second kappa shape index (κ2) is 8.53. The van der Waals surface area contributed by atoms with Gasteiger partial charge in [0.15, 0.2) is 0 Å². The summed E-state index contributed by atoms with van der Waals surface area (Å²) in [4.78, 5) is 31.7. The lowest BCUT2D eigenvalue weighted by molar-refractivity contribution is 0.0602. The van der Waals surface area contributed by atoms with Gasteiger partial charge in [-0.05, 0) is 62.4 Å². The van der Waals surface area contributed by atoms with Gasteiger partial charge in [0.25, 0.3) is 11.8 Å². The van der Waals surface area contributed by atoms with Gasteiger partial charge in [0.05, 0.1) is 0 Å². The summed E-state index contributed by atoms with van der Waals surface area (Å²) in [6.45, 7) is 4.74. The van der Waals surface area contributed by atoms with Crippen LogP contribution in [-0.4, -0.2) is 34.3 Å². The molecule has 1 N–H and O–H groups in total. The van der Waals surface area contributed by atoms with Crippen molar-refractivity contribution in [3.05, 3.63) is 58.4 Å². The van der Waals surface area contributed by atoms with E-state index in [9.17, 15) is 9.59 Å². The van der Waals surface area contributed by atoms with Crippen molar-refractivity contribution >= 4 is 29.1 Å². The lowest BCUT2D eigenvalue weighted by Crippen LogP contribution is -2.43. The molecule has 27 heavy (non-hydrogen) atoms. The van der Waals surface area contributed by atoms with E-state index in [1.807, 2.05) is 17.9 Å². The lowest BCUT2D eigenvalue weighted by atomic mass is 9.99. The number of hydrogen-bond acceptors (Lipinski definition) is 3. The van der Waals surface area contributed by atoms with Gasteiger partial charge in [0, 0.05) is 23.3 Å². The van der Waals surface area contributed by atoms with E-state index < -0.39 is 0 Å². The molecule has 1 aromatic carbocycles. The van der Waals surface area contributed by atoms with Gasteiger partial charge < -0.3 is 10.2 Å². The van der Waals surface area contributed by atoms with Crippen LogP contribution in [-0.2, 0) is 0 Å². The Balaban J connectivity index is 1.77. The zero-order chi connectivity index (χ0) is 19.4. The van der Waals surface area contributed by atoms with Gasteiger partial charge in [0.2, 0.25) is 0 Å². The molecule has 1 fully saturated rings. The highest BCUT2D eigenvalue weighted by Crippen LogP contribution is 2.22.